The van der Waals surface area contributed by atoms with E-state index in [1.807, 2.05) is 11.3 Å². The highest BCUT2D eigenvalue weighted by Gasteiger charge is 2.18. The topological polar surface area (TPSA) is 6.48 Å². The molecule has 7 heteroatoms. The van der Waals surface area contributed by atoms with E-state index in [-0.39, 0.29) is 0 Å². The first-order chi connectivity index (χ1) is 11.1. The molecule has 0 unspecified atom stereocenters. The second-order valence-electron chi connectivity index (χ2n) is 5.48. The van der Waals surface area contributed by atoms with Crippen molar-refractivity contribution < 1.29 is 0 Å². The average Bonchev–Trinajstić information content (AvgIpc) is 2.75. The zero-order valence-corrected chi connectivity index (χ0v) is 17.7. The predicted octanol–water partition coefficient (Wildman–Crippen LogP) is 4.92. The van der Waals surface area contributed by atoms with Crippen molar-refractivity contribution in [2.45, 2.75) is 26.9 Å². The first-order valence-electron chi connectivity index (χ1n) is 7.83. The smallest absolute Gasteiger partial charge is 0.0351 e. The molecule has 0 radical (unpaired) electrons. The molecule has 23 heavy (non-hydrogen) atoms. The zero-order valence-electron chi connectivity index (χ0n) is 13.9. The van der Waals surface area contributed by atoms with Crippen molar-refractivity contribution in [2.75, 3.05) is 49.7 Å². The van der Waals surface area contributed by atoms with Crippen LogP contribution < -0.4 is 0 Å². The van der Waals surface area contributed by atoms with E-state index in [1.54, 1.807) is 0 Å². The van der Waals surface area contributed by atoms with Crippen LogP contribution in [-0.2, 0) is 13.1 Å². The number of hydrogen-bond donors (Lipinski definition) is 0. The van der Waals surface area contributed by atoms with Crippen LogP contribution >= 0.6 is 57.7 Å². The van der Waals surface area contributed by atoms with Crippen LogP contribution in [0.1, 0.15) is 20.9 Å². The Hall–Kier alpha value is 0.780. The third-order valence-corrected chi connectivity index (χ3v) is 5.67. The van der Waals surface area contributed by atoms with Gasteiger partial charge in [0.15, 0.2) is 0 Å². The van der Waals surface area contributed by atoms with Gasteiger partial charge in [0.1, 0.15) is 0 Å². The number of thiophene rings is 1. The molecule has 0 saturated carbocycles. The fourth-order valence-electron chi connectivity index (χ4n) is 2.66. The van der Waals surface area contributed by atoms with Crippen LogP contribution in [0, 0.1) is 13.8 Å². The van der Waals surface area contributed by atoms with Crippen LogP contribution in [0.15, 0.2) is 0 Å². The van der Waals surface area contributed by atoms with Gasteiger partial charge in [-0.1, -0.05) is 0 Å². The second kappa shape index (κ2) is 12.2. The third kappa shape index (κ3) is 7.27. The number of aryl methyl sites for hydroxylation is 2. The molecule has 0 aliphatic carbocycles. The van der Waals surface area contributed by atoms with Gasteiger partial charge in [0.2, 0.25) is 0 Å². The third-order valence-electron chi connectivity index (χ3n) is 3.89. The van der Waals surface area contributed by atoms with Gasteiger partial charge in [-0.2, -0.15) is 0 Å². The Morgan fingerprint density at radius 3 is 1.22 bits per heavy atom. The van der Waals surface area contributed by atoms with Crippen molar-refractivity contribution in [2.24, 2.45) is 0 Å². The van der Waals surface area contributed by atoms with Crippen molar-refractivity contribution in [3.05, 3.63) is 20.9 Å². The van der Waals surface area contributed by atoms with E-state index in [4.69, 9.17) is 46.4 Å². The maximum absolute atomic E-state index is 5.93. The molecule has 0 aromatic carbocycles. The van der Waals surface area contributed by atoms with E-state index >= 15 is 0 Å². The molecular weight excluding hydrogens is 394 g/mol. The maximum atomic E-state index is 5.93. The molecule has 0 aliphatic rings. The van der Waals surface area contributed by atoms with E-state index < -0.39 is 0 Å². The molecule has 1 rings (SSSR count). The van der Waals surface area contributed by atoms with Crippen LogP contribution in [0.5, 0.6) is 0 Å². The molecular formula is C16H26Cl4N2S. The molecule has 0 fully saturated rings. The number of halogens is 4. The minimum atomic E-state index is 0.624. The van der Waals surface area contributed by atoms with E-state index in [2.05, 4.69) is 23.6 Å². The second-order valence-corrected chi connectivity index (χ2v) is 8.42. The lowest BCUT2D eigenvalue weighted by atomic mass is 10.1. The Labute approximate surface area is 164 Å². The predicted molar refractivity (Wildman–Crippen MR) is 107 cm³/mol. The summed E-state index contributed by atoms with van der Waals surface area (Å²) >= 11 is 25.6. The Morgan fingerprint density at radius 2 is 0.957 bits per heavy atom. The van der Waals surface area contributed by atoms with E-state index in [0.29, 0.717) is 23.5 Å². The fourth-order valence-corrected chi connectivity index (χ4v) is 4.69. The minimum absolute atomic E-state index is 0.624. The van der Waals surface area contributed by atoms with Crippen molar-refractivity contribution in [3.8, 4) is 0 Å². The van der Waals surface area contributed by atoms with Gasteiger partial charge >= 0.3 is 0 Å². The lowest BCUT2D eigenvalue weighted by Gasteiger charge is -2.24. The van der Waals surface area contributed by atoms with E-state index in [0.717, 1.165) is 39.3 Å². The molecule has 0 atom stereocenters. The minimum Gasteiger partial charge on any atom is -0.297 e. The largest absolute Gasteiger partial charge is 0.297 e. The molecule has 0 saturated heterocycles. The fraction of sp³-hybridized carbons (Fsp3) is 0.750. The summed E-state index contributed by atoms with van der Waals surface area (Å²) in [6.45, 7) is 9.63. The SMILES string of the molecule is Cc1sc(C)c(CN(CCCl)CCCl)c1CN(CCCl)CCCl. The maximum Gasteiger partial charge on any atom is 0.0351 e. The van der Waals surface area contributed by atoms with Gasteiger partial charge < -0.3 is 0 Å². The number of hydrogen-bond acceptors (Lipinski definition) is 3. The van der Waals surface area contributed by atoms with E-state index in [9.17, 15) is 0 Å². The summed E-state index contributed by atoms with van der Waals surface area (Å²) in [6.07, 6.45) is 0. The summed E-state index contributed by atoms with van der Waals surface area (Å²) < 4.78 is 0. The number of alkyl halides is 4. The Balaban J connectivity index is 2.94. The highest BCUT2D eigenvalue weighted by atomic mass is 35.5. The summed E-state index contributed by atoms with van der Waals surface area (Å²) in [4.78, 5) is 7.41. The van der Waals surface area contributed by atoms with E-state index in [1.165, 1.54) is 20.9 Å². The van der Waals surface area contributed by atoms with Crippen molar-refractivity contribution >= 4 is 57.7 Å². The van der Waals surface area contributed by atoms with Crippen LogP contribution in [0.2, 0.25) is 0 Å². The van der Waals surface area contributed by atoms with Crippen LogP contribution in [-0.4, -0.2) is 59.5 Å². The average molecular weight is 420 g/mol. The summed E-state index contributed by atoms with van der Waals surface area (Å²) in [5.74, 6) is 2.50. The summed E-state index contributed by atoms with van der Waals surface area (Å²) in [7, 11) is 0. The highest BCUT2D eigenvalue weighted by Crippen LogP contribution is 2.30. The monoisotopic (exact) mass is 418 g/mol. The van der Waals surface area contributed by atoms with Gasteiger partial charge in [-0.05, 0) is 25.0 Å². The molecule has 0 amide bonds. The highest BCUT2D eigenvalue weighted by molar-refractivity contribution is 7.12. The molecule has 0 bridgehead atoms. The summed E-state index contributed by atoms with van der Waals surface area (Å²) in [5.41, 5.74) is 2.83. The lowest BCUT2D eigenvalue weighted by Crippen LogP contribution is -2.30. The van der Waals surface area contributed by atoms with Gasteiger partial charge in [-0.15, -0.1) is 57.7 Å². The van der Waals surface area contributed by atoms with Gasteiger partial charge in [0.05, 0.1) is 0 Å². The van der Waals surface area contributed by atoms with Gasteiger partial charge in [-0.25, -0.2) is 0 Å². The Morgan fingerprint density at radius 1 is 0.652 bits per heavy atom. The van der Waals surface area contributed by atoms with Crippen LogP contribution in [0.25, 0.3) is 0 Å². The van der Waals surface area contributed by atoms with Crippen molar-refractivity contribution in [1.82, 2.24) is 9.80 Å². The number of nitrogens with zero attached hydrogens (tertiary/aromatic N) is 2. The summed E-state index contributed by atoms with van der Waals surface area (Å²) in [5, 5.41) is 0. The normalized spacial score (nSPS) is 11.8. The van der Waals surface area contributed by atoms with Crippen molar-refractivity contribution in [3.63, 3.8) is 0 Å². The molecule has 1 aromatic heterocycles. The Kier molecular flexibility index (Phi) is 11.6. The molecule has 1 heterocycles. The van der Waals surface area contributed by atoms with Crippen molar-refractivity contribution in [1.29, 1.82) is 0 Å². The molecule has 134 valence electrons. The quantitative estimate of drug-likeness (QED) is 0.443. The first kappa shape index (κ1) is 21.8. The standard InChI is InChI=1S/C16H26Cl4N2S/c1-13-15(11-21(7-3-17)8-4-18)16(14(2)23-13)12-22(9-5-19)10-6-20/h3-12H2,1-2H3. The first-order valence-corrected chi connectivity index (χ1v) is 10.8. The molecule has 0 aliphatic heterocycles. The molecule has 0 spiro atoms. The van der Waals surface area contributed by atoms with Gasteiger partial charge in [0.25, 0.3) is 0 Å². The molecule has 2 nitrogen and oxygen atoms in total. The van der Waals surface area contributed by atoms with Gasteiger partial charge in [-0.3, -0.25) is 9.80 Å². The lowest BCUT2D eigenvalue weighted by molar-refractivity contribution is 0.284. The van der Waals surface area contributed by atoms with Gasteiger partial charge in [0, 0.05) is 72.5 Å². The number of rotatable bonds is 12. The Bertz CT molecular complexity index is 403. The zero-order chi connectivity index (χ0) is 17.2. The van der Waals surface area contributed by atoms with Crippen LogP contribution in [0.3, 0.4) is 0 Å². The summed E-state index contributed by atoms with van der Waals surface area (Å²) in [6, 6.07) is 0. The molecule has 1 aromatic rings. The van der Waals surface area contributed by atoms with Crippen LogP contribution in [0.4, 0.5) is 0 Å². The molecule has 0 N–H and O–H groups in total.